The van der Waals surface area contributed by atoms with Crippen LogP contribution in [0.3, 0.4) is 0 Å². The normalized spacial score (nSPS) is 14.2. The first kappa shape index (κ1) is 21.6. The molecule has 3 N–H and O–H groups in total. The highest BCUT2D eigenvalue weighted by Gasteiger charge is 2.21. The Bertz CT molecular complexity index is 900. The SMILES string of the molecule is CC(C)C(=O)Nc1ccc(NC(=O)c2cccc(NC(=O)C3CCCCC3)c2)cc1. The number of hydrogen-bond donors (Lipinski definition) is 3. The first-order chi connectivity index (χ1) is 14.4. The van der Waals surface area contributed by atoms with E-state index in [0.29, 0.717) is 22.6 Å². The van der Waals surface area contributed by atoms with Crippen molar-refractivity contribution in [2.75, 3.05) is 16.0 Å². The van der Waals surface area contributed by atoms with Crippen LogP contribution < -0.4 is 16.0 Å². The van der Waals surface area contributed by atoms with Crippen LogP contribution in [0.1, 0.15) is 56.3 Å². The number of anilines is 3. The number of hydrogen-bond acceptors (Lipinski definition) is 3. The third kappa shape index (κ3) is 5.92. The highest BCUT2D eigenvalue weighted by Crippen LogP contribution is 2.25. The van der Waals surface area contributed by atoms with E-state index in [1.54, 1.807) is 48.5 Å². The third-order valence-electron chi connectivity index (χ3n) is 5.30. The predicted octanol–water partition coefficient (Wildman–Crippen LogP) is 5.05. The van der Waals surface area contributed by atoms with Crippen molar-refractivity contribution >= 4 is 34.8 Å². The van der Waals surface area contributed by atoms with Gasteiger partial charge < -0.3 is 16.0 Å². The third-order valence-corrected chi connectivity index (χ3v) is 5.30. The summed E-state index contributed by atoms with van der Waals surface area (Å²) < 4.78 is 0. The molecular formula is C24H29N3O3. The van der Waals surface area contributed by atoms with Gasteiger partial charge in [-0.15, -0.1) is 0 Å². The second-order valence-electron chi connectivity index (χ2n) is 8.08. The number of benzene rings is 2. The molecule has 0 heterocycles. The summed E-state index contributed by atoms with van der Waals surface area (Å²) in [4.78, 5) is 36.8. The van der Waals surface area contributed by atoms with E-state index in [4.69, 9.17) is 0 Å². The Balaban J connectivity index is 1.59. The Labute approximate surface area is 177 Å². The largest absolute Gasteiger partial charge is 0.326 e. The maximum Gasteiger partial charge on any atom is 0.255 e. The molecule has 3 rings (SSSR count). The quantitative estimate of drug-likeness (QED) is 0.626. The number of amides is 3. The maximum absolute atomic E-state index is 12.6. The van der Waals surface area contributed by atoms with Gasteiger partial charge in [-0.25, -0.2) is 0 Å². The van der Waals surface area contributed by atoms with Gasteiger partial charge in [-0.3, -0.25) is 14.4 Å². The molecule has 0 saturated heterocycles. The molecule has 0 spiro atoms. The Morgan fingerprint density at radius 1 is 0.800 bits per heavy atom. The Morgan fingerprint density at radius 2 is 1.43 bits per heavy atom. The summed E-state index contributed by atoms with van der Waals surface area (Å²) in [5.74, 6) is -0.325. The molecule has 0 aliphatic heterocycles. The number of carbonyl (C=O) groups excluding carboxylic acids is 3. The zero-order valence-electron chi connectivity index (χ0n) is 17.5. The molecular weight excluding hydrogens is 378 g/mol. The number of nitrogens with one attached hydrogen (secondary N) is 3. The molecule has 30 heavy (non-hydrogen) atoms. The molecule has 2 aromatic rings. The van der Waals surface area contributed by atoms with Gasteiger partial charge in [-0.2, -0.15) is 0 Å². The molecule has 1 aliphatic carbocycles. The molecule has 6 heteroatoms. The van der Waals surface area contributed by atoms with Gasteiger partial charge in [0, 0.05) is 34.5 Å². The molecule has 0 radical (unpaired) electrons. The summed E-state index contributed by atoms with van der Waals surface area (Å²) in [6.07, 6.45) is 5.25. The lowest BCUT2D eigenvalue weighted by atomic mass is 9.88. The minimum Gasteiger partial charge on any atom is -0.326 e. The molecule has 0 atom stereocenters. The molecule has 0 aromatic heterocycles. The number of carbonyl (C=O) groups is 3. The van der Waals surface area contributed by atoms with E-state index in [1.165, 1.54) is 6.42 Å². The number of rotatable bonds is 6. The lowest BCUT2D eigenvalue weighted by molar-refractivity contribution is -0.121. The smallest absolute Gasteiger partial charge is 0.255 e. The second kappa shape index (κ2) is 10.1. The zero-order valence-corrected chi connectivity index (χ0v) is 17.5. The van der Waals surface area contributed by atoms with Crippen molar-refractivity contribution in [1.29, 1.82) is 0 Å². The summed E-state index contributed by atoms with van der Waals surface area (Å²) in [5, 5.41) is 8.60. The molecule has 1 fully saturated rings. The van der Waals surface area contributed by atoms with E-state index >= 15 is 0 Å². The van der Waals surface area contributed by atoms with Crippen molar-refractivity contribution in [2.45, 2.75) is 46.0 Å². The molecule has 0 bridgehead atoms. The summed E-state index contributed by atoms with van der Waals surface area (Å²) in [7, 11) is 0. The topological polar surface area (TPSA) is 87.3 Å². The van der Waals surface area contributed by atoms with E-state index in [-0.39, 0.29) is 29.6 Å². The predicted molar refractivity (Wildman–Crippen MR) is 120 cm³/mol. The van der Waals surface area contributed by atoms with E-state index in [9.17, 15) is 14.4 Å². The lowest BCUT2D eigenvalue weighted by Crippen LogP contribution is -2.24. The molecule has 6 nitrogen and oxygen atoms in total. The minimum absolute atomic E-state index is 0.0336. The van der Waals surface area contributed by atoms with Crippen LogP contribution in [-0.2, 0) is 9.59 Å². The van der Waals surface area contributed by atoms with Crippen LogP contribution in [0, 0.1) is 11.8 Å². The molecule has 1 saturated carbocycles. The van der Waals surface area contributed by atoms with Gasteiger partial charge in [0.05, 0.1) is 0 Å². The minimum atomic E-state index is -0.261. The van der Waals surface area contributed by atoms with Crippen molar-refractivity contribution in [1.82, 2.24) is 0 Å². The zero-order chi connectivity index (χ0) is 21.5. The Hall–Kier alpha value is -3.15. The standard InChI is InChI=1S/C24H29N3O3/c1-16(2)22(28)25-19-11-13-20(14-12-19)26-24(30)18-9-6-10-21(15-18)27-23(29)17-7-4-3-5-8-17/h6,9-17H,3-5,7-8H2,1-2H3,(H,25,28)(H,26,30)(H,27,29). The first-order valence-electron chi connectivity index (χ1n) is 10.6. The summed E-state index contributed by atoms with van der Waals surface area (Å²) in [6, 6.07) is 13.9. The van der Waals surface area contributed by atoms with Crippen LogP contribution in [0.25, 0.3) is 0 Å². The van der Waals surface area contributed by atoms with Crippen molar-refractivity contribution < 1.29 is 14.4 Å². The van der Waals surface area contributed by atoms with Crippen LogP contribution in [0.5, 0.6) is 0 Å². The summed E-state index contributed by atoms with van der Waals surface area (Å²) in [5.41, 5.74) is 2.40. The Kier molecular flexibility index (Phi) is 7.22. The van der Waals surface area contributed by atoms with Crippen LogP contribution in [-0.4, -0.2) is 17.7 Å². The summed E-state index contributed by atoms with van der Waals surface area (Å²) in [6.45, 7) is 3.66. The van der Waals surface area contributed by atoms with Crippen LogP contribution in [0.4, 0.5) is 17.1 Å². The van der Waals surface area contributed by atoms with Gasteiger partial charge in [0.25, 0.3) is 5.91 Å². The van der Waals surface area contributed by atoms with Crippen LogP contribution in [0.15, 0.2) is 48.5 Å². The van der Waals surface area contributed by atoms with Gasteiger partial charge in [-0.1, -0.05) is 39.2 Å². The molecule has 1 aliphatic rings. The van der Waals surface area contributed by atoms with Crippen LogP contribution in [0.2, 0.25) is 0 Å². The molecule has 3 amide bonds. The highest BCUT2D eigenvalue weighted by atomic mass is 16.2. The fourth-order valence-electron chi connectivity index (χ4n) is 3.47. The highest BCUT2D eigenvalue weighted by molar-refractivity contribution is 6.05. The average molecular weight is 408 g/mol. The van der Waals surface area contributed by atoms with Crippen molar-refractivity contribution in [2.24, 2.45) is 11.8 Å². The lowest BCUT2D eigenvalue weighted by Gasteiger charge is -2.20. The second-order valence-corrected chi connectivity index (χ2v) is 8.08. The van der Waals surface area contributed by atoms with Gasteiger partial charge in [0.15, 0.2) is 0 Å². The first-order valence-corrected chi connectivity index (χ1v) is 10.6. The van der Waals surface area contributed by atoms with Crippen LogP contribution >= 0.6 is 0 Å². The van der Waals surface area contributed by atoms with E-state index in [2.05, 4.69) is 16.0 Å². The monoisotopic (exact) mass is 407 g/mol. The van der Waals surface area contributed by atoms with Crippen molar-refractivity contribution in [3.05, 3.63) is 54.1 Å². The molecule has 0 unspecified atom stereocenters. The fraction of sp³-hybridized carbons (Fsp3) is 0.375. The fourth-order valence-corrected chi connectivity index (χ4v) is 3.47. The van der Waals surface area contributed by atoms with E-state index in [1.807, 2.05) is 13.8 Å². The van der Waals surface area contributed by atoms with Gasteiger partial charge in [-0.05, 0) is 55.3 Å². The van der Waals surface area contributed by atoms with Gasteiger partial charge in [0.2, 0.25) is 11.8 Å². The average Bonchev–Trinajstić information content (AvgIpc) is 2.75. The van der Waals surface area contributed by atoms with E-state index < -0.39 is 0 Å². The van der Waals surface area contributed by atoms with Crippen molar-refractivity contribution in [3.8, 4) is 0 Å². The molecule has 2 aromatic carbocycles. The molecule has 158 valence electrons. The van der Waals surface area contributed by atoms with Crippen molar-refractivity contribution in [3.63, 3.8) is 0 Å². The van der Waals surface area contributed by atoms with Gasteiger partial charge >= 0.3 is 0 Å². The van der Waals surface area contributed by atoms with E-state index in [0.717, 1.165) is 25.7 Å². The Morgan fingerprint density at radius 3 is 2.07 bits per heavy atom. The summed E-state index contributed by atoms with van der Waals surface area (Å²) >= 11 is 0. The van der Waals surface area contributed by atoms with Gasteiger partial charge in [0.1, 0.15) is 0 Å². The maximum atomic E-state index is 12.6.